The highest BCUT2D eigenvalue weighted by molar-refractivity contribution is 7.90. The molecule has 0 atom stereocenters. The lowest BCUT2D eigenvalue weighted by atomic mass is 10.1. The van der Waals surface area contributed by atoms with Gasteiger partial charge in [-0.15, -0.1) is 0 Å². The second-order valence-corrected chi connectivity index (χ2v) is 5.61. The standard InChI is InChI=1S/C12H15NO4S.C2H6/c1-13-7-6-10(14)9-4-5-12(18(3,15)16)11(8-9)17-2;1-2/h4-8,13H,1-3H3;1-2H3/b7-6+;. The zero-order chi connectivity index (χ0) is 15.8. The number of nitrogens with one attached hydrogen (secondary N) is 1. The van der Waals surface area contributed by atoms with Crippen LogP contribution in [-0.4, -0.2) is 34.6 Å². The molecule has 0 aromatic heterocycles. The number of carbonyl (C=O) groups excluding carboxylic acids is 1. The van der Waals surface area contributed by atoms with E-state index in [-0.39, 0.29) is 16.4 Å². The summed E-state index contributed by atoms with van der Waals surface area (Å²) in [5, 5.41) is 2.70. The summed E-state index contributed by atoms with van der Waals surface area (Å²) in [4.78, 5) is 11.8. The third-order valence-corrected chi connectivity index (χ3v) is 3.39. The summed E-state index contributed by atoms with van der Waals surface area (Å²) in [6, 6.07) is 4.24. The van der Waals surface area contributed by atoms with E-state index in [1.807, 2.05) is 13.8 Å². The first-order chi connectivity index (χ1) is 9.40. The molecule has 0 amide bonds. The predicted molar refractivity (Wildman–Crippen MR) is 80.0 cm³/mol. The molecule has 0 radical (unpaired) electrons. The molecule has 0 heterocycles. The normalized spacial score (nSPS) is 10.7. The molecule has 1 aromatic carbocycles. The molecular weight excluding hydrogens is 278 g/mol. The number of carbonyl (C=O) groups is 1. The van der Waals surface area contributed by atoms with Crippen LogP contribution < -0.4 is 10.1 Å². The Balaban J connectivity index is 0.00000172. The van der Waals surface area contributed by atoms with Crippen molar-refractivity contribution in [3.8, 4) is 5.75 Å². The Bertz CT molecular complexity index is 577. The van der Waals surface area contributed by atoms with Gasteiger partial charge in [-0.3, -0.25) is 4.79 Å². The van der Waals surface area contributed by atoms with E-state index in [1.54, 1.807) is 7.05 Å². The fourth-order valence-corrected chi connectivity index (χ4v) is 2.21. The monoisotopic (exact) mass is 299 g/mol. The van der Waals surface area contributed by atoms with Crippen molar-refractivity contribution < 1.29 is 17.9 Å². The molecule has 6 heteroatoms. The second-order valence-electron chi connectivity index (χ2n) is 3.62. The van der Waals surface area contributed by atoms with Crippen LogP contribution in [-0.2, 0) is 9.84 Å². The molecule has 1 rings (SSSR count). The van der Waals surface area contributed by atoms with E-state index < -0.39 is 9.84 Å². The molecule has 0 saturated carbocycles. The number of ether oxygens (including phenoxy) is 1. The summed E-state index contributed by atoms with van der Waals surface area (Å²) in [7, 11) is -0.331. The van der Waals surface area contributed by atoms with E-state index in [1.165, 1.54) is 37.6 Å². The molecule has 0 saturated heterocycles. The molecule has 0 aliphatic rings. The van der Waals surface area contributed by atoms with E-state index in [4.69, 9.17) is 4.74 Å². The largest absolute Gasteiger partial charge is 0.495 e. The number of ketones is 1. The molecular formula is C14H21NO4S. The molecule has 5 nitrogen and oxygen atoms in total. The van der Waals surface area contributed by atoms with Crippen molar-refractivity contribution in [3.05, 3.63) is 36.0 Å². The number of allylic oxidation sites excluding steroid dienone is 1. The Morgan fingerprint density at radius 2 is 1.90 bits per heavy atom. The Kier molecular flexibility index (Phi) is 7.61. The van der Waals surface area contributed by atoms with E-state index >= 15 is 0 Å². The smallest absolute Gasteiger partial charge is 0.187 e. The fraction of sp³-hybridized carbons (Fsp3) is 0.357. The maximum Gasteiger partial charge on any atom is 0.187 e. The number of hydrogen-bond donors (Lipinski definition) is 1. The minimum Gasteiger partial charge on any atom is -0.495 e. The number of sulfone groups is 1. The number of benzene rings is 1. The van der Waals surface area contributed by atoms with Gasteiger partial charge in [0.25, 0.3) is 0 Å². The maximum atomic E-state index is 11.7. The average Bonchev–Trinajstić information content (AvgIpc) is 2.45. The van der Waals surface area contributed by atoms with Crippen LogP contribution in [0.5, 0.6) is 5.75 Å². The van der Waals surface area contributed by atoms with Crippen LogP contribution in [0.3, 0.4) is 0 Å². The zero-order valence-electron chi connectivity index (χ0n) is 12.4. The molecule has 1 N–H and O–H groups in total. The van der Waals surface area contributed by atoms with Crippen molar-refractivity contribution in [2.45, 2.75) is 18.7 Å². The molecule has 0 unspecified atom stereocenters. The molecule has 1 aromatic rings. The van der Waals surface area contributed by atoms with Gasteiger partial charge in [-0.05, 0) is 18.2 Å². The SMILES string of the molecule is CC.CN/C=C/C(=O)c1ccc(S(C)(=O)=O)c(OC)c1. The van der Waals surface area contributed by atoms with Gasteiger partial charge in [0.1, 0.15) is 10.6 Å². The minimum absolute atomic E-state index is 0.0687. The zero-order valence-corrected chi connectivity index (χ0v) is 13.2. The Hall–Kier alpha value is -1.82. The van der Waals surface area contributed by atoms with Gasteiger partial charge in [-0.25, -0.2) is 8.42 Å². The Morgan fingerprint density at radius 3 is 2.35 bits per heavy atom. The van der Waals surface area contributed by atoms with Gasteiger partial charge in [-0.2, -0.15) is 0 Å². The van der Waals surface area contributed by atoms with E-state index in [0.29, 0.717) is 5.56 Å². The minimum atomic E-state index is -3.37. The average molecular weight is 299 g/mol. The highest BCUT2D eigenvalue weighted by Gasteiger charge is 2.15. The van der Waals surface area contributed by atoms with Crippen LogP contribution in [0.1, 0.15) is 24.2 Å². The van der Waals surface area contributed by atoms with Crippen LogP contribution in [0.2, 0.25) is 0 Å². The molecule has 0 aliphatic heterocycles. The molecule has 112 valence electrons. The van der Waals surface area contributed by atoms with Gasteiger partial charge in [0.05, 0.1) is 7.11 Å². The van der Waals surface area contributed by atoms with Crippen LogP contribution >= 0.6 is 0 Å². The molecule has 20 heavy (non-hydrogen) atoms. The van der Waals surface area contributed by atoms with E-state index in [9.17, 15) is 13.2 Å². The number of methoxy groups -OCH3 is 1. The Labute approximate surface area is 120 Å². The van der Waals surface area contributed by atoms with Crippen molar-refractivity contribution in [3.63, 3.8) is 0 Å². The molecule has 0 spiro atoms. The van der Waals surface area contributed by atoms with Gasteiger partial charge in [-0.1, -0.05) is 13.8 Å². The van der Waals surface area contributed by atoms with Crippen LogP contribution in [0, 0.1) is 0 Å². The molecule has 0 fully saturated rings. The quantitative estimate of drug-likeness (QED) is 0.665. The maximum absolute atomic E-state index is 11.7. The summed E-state index contributed by atoms with van der Waals surface area (Å²) in [5.41, 5.74) is 0.366. The highest BCUT2D eigenvalue weighted by atomic mass is 32.2. The van der Waals surface area contributed by atoms with Gasteiger partial charge >= 0.3 is 0 Å². The van der Waals surface area contributed by atoms with E-state index in [0.717, 1.165) is 6.26 Å². The van der Waals surface area contributed by atoms with Gasteiger partial charge in [0, 0.05) is 31.1 Å². The highest BCUT2D eigenvalue weighted by Crippen LogP contribution is 2.25. The van der Waals surface area contributed by atoms with Crippen molar-refractivity contribution in [2.24, 2.45) is 0 Å². The van der Waals surface area contributed by atoms with Gasteiger partial charge in [0.2, 0.25) is 0 Å². The molecule has 0 aliphatic carbocycles. The first-order valence-electron chi connectivity index (χ1n) is 6.16. The van der Waals surface area contributed by atoms with Crippen molar-refractivity contribution in [1.82, 2.24) is 5.32 Å². The number of rotatable bonds is 5. The van der Waals surface area contributed by atoms with E-state index in [2.05, 4.69) is 5.32 Å². The van der Waals surface area contributed by atoms with Crippen molar-refractivity contribution in [1.29, 1.82) is 0 Å². The van der Waals surface area contributed by atoms with Crippen LogP contribution in [0.25, 0.3) is 0 Å². The predicted octanol–water partition coefficient (Wildman–Crippen LogP) is 2.04. The summed E-state index contributed by atoms with van der Waals surface area (Å²) in [6.45, 7) is 4.00. The summed E-state index contributed by atoms with van der Waals surface area (Å²) in [6.07, 6.45) is 3.95. The third-order valence-electron chi connectivity index (χ3n) is 2.25. The summed E-state index contributed by atoms with van der Waals surface area (Å²) >= 11 is 0. The lowest BCUT2D eigenvalue weighted by molar-refractivity contribution is 0.104. The fourth-order valence-electron chi connectivity index (χ4n) is 1.38. The Morgan fingerprint density at radius 1 is 1.30 bits per heavy atom. The van der Waals surface area contributed by atoms with Crippen molar-refractivity contribution >= 4 is 15.6 Å². The van der Waals surface area contributed by atoms with Gasteiger partial charge < -0.3 is 10.1 Å². The third kappa shape index (κ3) is 5.05. The van der Waals surface area contributed by atoms with Gasteiger partial charge in [0.15, 0.2) is 15.6 Å². The van der Waals surface area contributed by atoms with Crippen LogP contribution in [0.15, 0.2) is 35.4 Å². The summed E-state index contributed by atoms with van der Waals surface area (Å²) < 4.78 is 27.9. The molecule has 0 bridgehead atoms. The lowest BCUT2D eigenvalue weighted by Crippen LogP contribution is -2.04. The topological polar surface area (TPSA) is 72.5 Å². The number of hydrogen-bond acceptors (Lipinski definition) is 5. The van der Waals surface area contributed by atoms with Crippen molar-refractivity contribution in [2.75, 3.05) is 20.4 Å². The summed E-state index contributed by atoms with van der Waals surface area (Å²) in [5.74, 6) is -0.0658. The van der Waals surface area contributed by atoms with Crippen LogP contribution in [0.4, 0.5) is 0 Å². The lowest BCUT2D eigenvalue weighted by Gasteiger charge is -2.07. The second kappa shape index (κ2) is 8.37. The first-order valence-corrected chi connectivity index (χ1v) is 8.05. The first kappa shape index (κ1) is 18.2.